The summed E-state index contributed by atoms with van der Waals surface area (Å²) in [6, 6.07) is 0. The lowest BCUT2D eigenvalue weighted by Crippen LogP contribution is -2.15. The molecule has 0 atom stereocenters. The third-order valence-electron chi connectivity index (χ3n) is 2.50. The maximum absolute atomic E-state index is 12.7. The summed E-state index contributed by atoms with van der Waals surface area (Å²) in [6.45, 7) is 14.8. The minimum absolute atomic E-state index is 0.143. The predicted octanol–water partition coefficient (Wildman–Crippen LogP) is 5.09. The van der Waals surface area contributed by atoms with Gasteiger partial charge in [0.2, 0.25) is 0 Å². The molecule has 25 heavy (non-hydrogen) atoms. The Morgan fingerprint density at radius 1 is 0.560 bits per heavy atom. The van der Waals surface area contributed by atoms with Gasteiger partial charge in [-0.1, -0.05) is 0 Å². The van der Waals surface area contributed by atoms with Gasteiger partial charge in [0.1, 0.15) is 0 Å². The molecule has 0 spiro atoms. The van der Waals surface area contributed by atoms with Crippen LogP contribution < -0.4 is 0 Å². The Balaban J connectivity index is 4.47. The number of hydrogen-bond donors (Lipinski definition) is 0. The fourth-order valence-corrected chi connectivity index (χ4v) is 5.80. The number of ether oxygens (including phenoxy) is 1. The Hall–Kier alpha value is 0.260. The van der Waals surface area contributed by atoms with Crippen LogP contribution >= 0.6 is 15.2 Å². The average Bonchev–Trinajstić information content (AvgIpc) is 2.33. The number of hydrogen-bond acceptors (Lipinski definition) is 7. The highest BCUT2D eigenvalue weighted by Gasteiger charge is 2.29. The van der Waals surface area contributed by atoms with Gasteiger partial charge in [-0.2, -0.15) is 0 Å². The zero-order valence-corrected chi connectivity index (χ0v) is 18.7. The van der Waals surface area contributed by atoms with Gasteiger partial charge in [0.05, 0.1) is 50.0 Å². The van der Waals surface area contributed by atoms with Crippen molar-refractivity contribution >= 4 is 15.2 Å². The average molecular weight is 402 g/mol. The summed E-state index contributed by atoms with van der Waals surface area (Å²) in [5.74, 6) is 0. The van der Waals surface area contributed by atoms with E-state index in [1.165, 1.54) is 0 Å². The maximum Gasteiger partial charge on any atom is 0.333 e. The second kappa shape index (κ2) is 11.9. The van der Waals surface area contributed by atoms with Crippen LogP contribution in [0.4, 0.5) is 0 Å². The first-order chi connectivity index (χ1) is 11.4. The van der Waals surface area contributed by atoms with Crippen LogP contribution in [0.3, 0.4) is 0 Å². The standard InChI is InChI=1S/C16H36O7P2/c1-13(2)20-24(17,21-14(3)4)11-9-19-10-12-25(18,22-15(5)6)23-16(7)8/h13-16H,9-12H2,1-8H3. The fraction of sp³-hybridized carbons (Fsp3) is 1.00. The lowest BCUT2D eigenvalue weighted by Gasteiger charge is -2.24. The van der Waals surface area contributed by atoms with Gasteiger partial charge in [0.25, 0.3) is 0 Å². The maximum atomic E-state index is 12.7. The molecule has 0 N–H and O–H groups in total. The van der Waals surface area contributed by atoms with Crippen LogP contribution in [-0.4, -0.2) is 50.0 Å². The smallest absolute Gasteiger partial charge is 0.333 e. The third-order valence-corrected chi connectivity index (χ3v) is 6.94. The van der Waals surface area contributed by atoms with Gasteiger partial charge in [0.15, 0.2) is 0 Å². The SMILES string of the molecule is CC(C)OP(=O)(CCOCCP(=O)(OC(C)C)OC(C)C)OC(C)C. The molecule has 0 fully saturated rings. The first kappa shape index (κ1) is 25.3. The third kappa shape index (κ3) is 13.1. The van der Waals surface area contributed by atoms with Gasteiger partial charge >= 0.3 is 15.2 Å². The van der Waals surface area contributed by atoms with Crippen LogP contribution in [0.15, 0.2) is 0 Å². The Labute approximate surface area is 153 Å². The van der Waals surface area contributed by atoms with E-state index in [-0.39, 0.29) is 50.0 Å². The molecule has 0 heterocycles. The molecule has 0 saturated carbocycles. The van der Waals surface area contributed by atoms with Gasteiger partial charge in [-0.15, -0.1) is 0 Å². The minimum Gasteiger partial charge on any atom is -0.380 e. The second-order valence-electron chi connectivity index (χ2n) is 6.90. The van der Waals surface area contributed by atoms with Crippen molar-refractivity contribution < 1.29 is 32.0 Å². The quantitative estimate of drug-likeness (QED) is 0.296. The van der Waals surface area contributed by atoms with Crippen LogP contribution in [0.2, 0.25) is 0 Å². The molecule has 0 aromatic carbocycles. The summed E-state index contributed by atoms with van der Waals surface area (Å²) < 4.78 is 52.6. The summed E-state index contributed by atoms with van der Waals surface area (Å²) in [4.78, 5) is 0. The van der Waals surface area contributed by atoms with E-state index < -0.39 is 15.2 Å². The molecule has 0 aliphatic rings. The van der Waals surface area contributed by atoms with E-state index in [0.717, 1.165) is 0 Å². The Morgan fingerprint density at radius 2 is 0.800 bits per heavy atom. The Kier molecular flexibility index (Phi) is 12.0. The van der Waals surface area contributed by atoms with Gasteiger partial charge in [-0.05, 0) is 55.4 Å². The molecule has 0 aromatic heterocycles. The summed E-state index contributed by atoms with van der Waals surface area (Å²) in [6.07, 6.45) is -0.534. The van der Waals surface area contributed by atoms with E-state index in [0.29, 0.717) is 0 Å². The lowest BCUT2D eigenvalue weighted by molar-refractivity contribution is 0.115. The lowest BCUT2D eigenvalue weighted by atomic mass is 10.5. The van der Waals surface area contributed by atoms with Crippen molar-refractivity contribution in [2.24, 2.45) is 0 Å². The Bertz CT molecular complexity index is 382. The van der Waals surface area contributed by atoms with E-state index in [4.69, 9.17) is 22.8 Å². The molecule has 0 aromatic rings. The first-order valence-electron chi connectivity index (χ1n) is 8.87. The molecule has 0 bridgehead atoms. The molecule has 9 heteroatoms. The highest BCUT2D eigenvalue weighted by atomic mass is 31.2. The van der Waals surface area contributed by atoms with Crippen LogP contribution in [0.25, 0.3) is 0 Å². The van der Waals surface area contributed by atoms with Crippen molar-refractivity contribution in [3.05, 3.63) is 0 Å². The van der Waals surface area contributed by atoms with Crippen LogP contribution in [0.5, 0.6) is 0 Å². The van der Waals surface area contributed by atoms with Crippen molar-refractivity contribution in [2.75, 3.05) is 25.5 Å². The van der Waals surface area contributed by atoms with Crippen molar-refractivity contribution in [3.63, 3.8) is 0 Å². The molecule has 0 rings (SSSR count). The number of rotatable bonds is 14. The second-order valence-corrected chi connectivity index (χ2v) is 11.1. The summed E-state index contributed by atoms with van der Waals surface area (Å²) in [5, 5.41) is 0. The minimum atomic E-state index is -3.21. The topological polar surface area (TPSA) is 80.3 Å². The molecule has 0 amide bonds. The molecule has 0 aliphatic carbocycles. The van der Waals surface area contributed by atoms with Crippen molar-refractivity contribution in [2.45, 2.75) is 79.8 Å². The van der Waals surface area contributed by atoms with Crippen molar-refractivity contribution in [1.82, 2.24) is 0 Å². The van der Waals surface area contributed by atoms with Gasteiger partial charge in [0, 0.05) is 0 Å². The normalized spacial score (nSPS) is 13.6. The molecular weight excluding hydrogens is 366 g/mol. The zero-order valence-electron chi connectivity index (χ0n) is 16.9. The van der Waals surface area contributed by atoms with Crippen LogP contribution in [0, 0.1) is 0 Å². The van der Waals surface area contributed by atoms with E-state index >= 15 is 0 Å². The molecule has 0 unspecified atom stereocenters. The largest absolute Gasteiger partial charge is 0.380 e. The molecule has 0 aliphatic heterocycles. The van der Waals surface area contributed by atoms with Crippen molar-refractivity contribution in [1.29, 1.82) is 0 Å². The Morgan fingerprint density at radius 3 is 1.00 bits per heavy atom. The molecule has 152 valence electrons. The molecule has 7 nitrogen and oxygen atoms in total. The van der Waals surface area contributed by atoms with Crippen LogP contribution in [0.1, 0.15) is 55.4 Å². The van der Waals surface area contributed by atoms with E-state index in [2.05, 4.69) is 0 Å². The molecule has 0 radical (unpaired) electrons. The van der Waals surface area contributed by atoms with Crippen molar-refractivity contribution in [3.8, 4) is 0 Å². The van der Waals surface area contributed by atoms with Gasteiger partial charge < -0.3 is 22.8 Å². The first-order valence-corrected chi connectivity index (χ1v) is 12.3. The highest BCUT2D eigenvalue weighted by molar-refractivity contribution is 7.54. The molecular formula is C16H36O7P2. The summed E-state index contributed by atoms with van der Waals surface area (Å²) in [5.41, 5.74) is 0. The van der Waals surface area contributed by atoms with Gasteiger partial charge in [-0.3, -0.25) is 9.13 Å². The zero-order chi connectivity index (χ0) is 19.7. The summed E-state index contributed by atoms with van der Waals surface area (Å²) in [7, 11) is -6.43. The van der Waals surface area contributed by atoms with E-state index in [1.807, 2.05) is 0 Å². The van der Waals surface area contributed by atoms with E-state index in [9.17, 15) is 9.13 Å². The monoisotopic (exact) mass is 402 g/mol. The van der Waals surface area contributed by atoms with Crippen LogP contribution in [-0.2, 0) is 32.0 Å². The molecule has 0 saturated heterocycles. The van der Waals surface area contributed by atoms with E-state index in [1.54, 1.807) is 55.4 Å². The van der Waals surface area contributed by atoms with Gasteiger partial charge in [-0.25, -0.2) is 0 Å². The highest BCUT2D eigenvalue weighted by Crippen LogP contribution is 2.51. The summed E-state index contributed by atoms with van der Waals surface area (Å²) >= 11 is 0. The fourth-order valence-electron chi connectivity index (χ4n) is 2.00. The predicted molar refractivity (Wildman–Crippen MR) is 101 cm³/mol.